The van der Waals surface area contributed by atoms with Crippen molar-refractivity contribution < 1.29 is 4.79 Å². The summed E-state index contributed by atoms with van der Waals surface area (Å²) in [7, 11) is 0. The van der Waals surface area contributed by atoms with Crippen molar-refractivity contribution in [2.75, 3.05) is 0 Å². The zero-order valence-corrected chi connectivity index (χ0v) is 10.5. The van der Waals surface area contributed by atoms with Gasteiger partial charge in [0.05, 0.1) is 0 Å². The van der Waals surface area contributed by atoms with Crippen molar-refractivity contribution in [3.63, 3.8) is 0 Å². The lowest BCUT2D eigenvalue weighted by molar-refractivity contribution is 0.0995. The molecule has 0 spiro atoms. The van der Waals surface area contributed by atoms with Gasteiger partial charge in [-0.3, -0.25) is 4.79 Å². The first-order chi connectivity index (χ1) is 8.24. The lowest BCUT2D eigenvalue weighted by atomic mass is 10.1. The molecule has 0 radical (unpaired) electrons. The Morgan fingerprint density at radius 2 is 1.94 bits per heavy atom. The fraction of sp³-hybridized carbons (Fsp3) is 0.615. The van der Waals surface area contributed by atoms with E-state index in [4.69, 9.17) is 5.73 Å². The molecule has 0 aromatic carbocycles. The first-order valence-electron chi connectivity index (χ1n) is 6.35. The van der Waals surface area contributed by atoms with Gasteiger partial charge in [0.1, 0.15) is 11.5 Å². The molecule has 4 heteroatoms. The van der Waals surface area contributed by atoms with Crippen LogP contribution in [0.1, 0.15) is 61.8 Å². The van der Waals surface area contributed by atoms with Gasteiger partial charge in [-0.1, -0.05) is 39.0 Å². The maximum Gasteiger partial charge on any atom is 0.267 e. The fourth-order valence-electron chi connectivity index (χ4n) is 1.72. The zero-order valence-electron chi connectivity index (χ0n) is 10.5. The number of amides is 1. The van der Waals surface area contributed by atoms with Gasteiger partial charge in [0.15, 0.2) is 0 Å². The van der Waals surface area contributed by atoms with Crippen molar-refractivity contribution in [1.82, 2.24) is 9.97 Å². The van der Waals surface area contributed by atoms with E-state index in [-0.39, 0.29) is 0 Å². The normalized spacial score (nSPS) is 10.4. The second-order valence-electron chi connectivity index (χ2n) is 4.24. The second-order valence-corrected chi connectivity index (χ2v) is 4.24. The Bertz CT molecular complexity index is 352. The molecule has 1 rings (SSSR count). The van der Waals surface area contributed by atoms with E-state index in [1.807, 2.05) is 0 Å². The Labute approximate surface area is 103 Å². The number of rotatable bonds is 8. The highest BCUT2D eigenvalue weighted by Crippen LogP contribution is 2.07. The van der Waals surface area contributed by atoms with Gasteiger partial charge in [0.25, 0.3) is 5.91 Å². The number of aromatic nitrogens is 2. The summed E-state index contributed by atoms with van der Waals surface area (Å²) < 4.78 is 0. The largest absolute Gasteiger partial charge is 0.364 e. The van der Waals surface area contributed by atoms with Gasteiger partial charge < -0.3 is 5.73 Å². The van der Waals surface area contributed by atoms with Crippen LogP contribution in [0.5, 0.6) is 0 Å². The minimum absolute atomic E-state index is 0.306. The highest BCUT2D eigenvalue weighted by atomic mass is 16.1. The molecular weight excluding hydrogens is 214 g/mol. The molecule has 1 heterocycles. The molecule has 0 aliphatic rings. The summed E-state index contributed by atoms with van der Waals surface area (Å²) >= 11 is 0. The van der Waals surface area contributed by atoms with E-state index >= 15 is 0 Å². The third-order valence-corrected chi connectivity index (χ3v) is 2.71. The summed E-state index contributed by atoms with van der Waals surface area (Å²) in [6.45, 7) is 2.21. The van der Waals surface area contributed by atoms with Crippen LogP contribution in [0.4, 0.5) is 0 Å². The van der Waals surface area contributed by atoms with Gasteiger partial charge in [0.2, 0.25) is 0 Å². The van der Waals surface area contributed by atoms with E-state index in [1.165, 1.54) is 32.1 Å². The Hall–Kier alpha value is -1.45. The minimum Gasteiger partial charge on any atom is -0.364 e. The van der Waals surface area contributed by atoms with Crippen molar-refractivity contribution >= 4 is 5.91 Å². The number of hydrogen-bond acceptors (Lipinski definition) is 3. The number of nitrogens with two attached hydrogens (primary N) is 1. The number of unbranched alkanes of at least 4 members (excludes halogenated alkanes) is 5. The Morgan fingerprint density at radius 1 is 1.24 bits per heavy atom. The quantitative estimate of drug-likeness (QED) is 0.704. The fourth-order valence-corrected chi connectivity index (χ4v) is 1.72. The second kappa shape index (κ2) is 7.76. The van der Waals surface area contributed by atoms with E-state index in [0.717, 1.165) is 18.7 Å². The van der Waals surface area contributed by atoms with Crippen molar-refractivity contribution in [2.45, 2.75) is 51.9 Å². The van der Waals surface area contributed by atoms with E-state index in [9.17, 15) is 4.79 Å². The molecule has 1 aromatic heterocycles. The molecule has 0 unspecified atom stereocenters. The van der Waals surface area contributed by atoms with E-state index in [1.54, 1.807) is 12.3 Å². The predicted molar refractivity (Wildman–Crippen MR) is 67.6 cm³/mol. The van der Waals surface area contributed by atoms with Crippen molar-refractivity contribution in [1.29, 1.82) is 0 Å². The molecule has 4 nitrogen and oxygen atoms in total. The number of nitrogens with zero attached hydrogens (tertiary/aromatic N) is 2. The molecule has 0 aliphatic carbocycles. The Kier molecular flexibility index (Phi) is 6.22. The highest BCUT2D eigenvalue weighted by Gasteiger charge is 2.03. The van der Waals surface area contributed by atoms with E-state index in [0.29, 0.717) is 5.69 Å². The Balaban J connectivity index is 2.27. The van der Waals surface area contributed by atoms with Crippen molar-refractivity contribution in [3.05, 3.63) is 23.8 Å². The van der Waals surface area contributed by atoms with Crippen LogP contribution in [0.2, 0.25) is 0 Å². The SMILES string of the molecule is CCCCCCCCc1nccc(C(N)=O)n1. The molecule has 0 fully saturated rings. The average molecular weight is 235 g/mol. The highest BCUT2D eigenvalue weighted by molar-refractivity contribution is 5.90. The lowest BCUT2D eigenvalue weighted by Gasteiger charge is -2.01. The standard InChI is InChI=1S/C13H21N3O/c1-2-3-4-5-6-7-8-12-15-10-9-11(16-12)13(14)17/h9-10H,2-8H2,1H3,(H2,14,17). The van der Waals surface area contributed by atoms with Gasteiger partial charge in [-0.15, -0.1) is 0 Å². The molecule has 0 aliphatic heterocycles. The summed E-state index contributed by atoms with van der Waals surface area (Å²) in [4.78, 5) is 19.2. The lowest BCUT2D eigenvalue weighted by Crippen LogP contribution is -2.14. The zero-order chi connectivity index (χ0) is 12.5. The topological polar surface area (TPSA) is 68.9 Å². The molecule has 17 heavy (non-hydrogen) atoms. The molecule has 1 aromatic rings. The minimum atomic E-state index is -0.489. The van der Waals surface area contributed by atoms with Crippen LogP contribution < -0.4 is 5.73 Å². The first kappa shape index (κ1) is 13.6. The third-order valence-electron chi connectivity index (χ3n) is 2.71. The van der Waals surface area contributed by atoms with Gasteiger partial charge in [-0.25, -0.2) is 9.97 Å². The first-order valence-corrected chi connectivity index (χ1v) is 6.35. The number of aryl methyl sites for hydroxylation is 1. The van der Waals surface area contributed by atoms with Crippen LogP contribution >= 0.6 is 0 Å². The molecule has 0 bridgehead atoms. The summed E-state index contributed by atoms with van der Waals surface area (Å²) in [6, 6.07) is 1.55. The van der Waals surface area contributed by atoms with Crippen LogP contribution in [0.15, 0.2) is 12.3 Å². The maximum absolute atomic E-state index is 10.9. The van der Waals surface area contributed by atoms with Crippen LogP contribution in [0, 0.1) is 0 Å². The molecule has 1 amide bonds. The predicted octanol–water partition coefficient (Wildman–Crippen LogP) is 2.48. The van der Waals surface area contributed by atoms with Crippen molar-refractivity contribution in [3.8, 4) is 0 Å². The summed E-state index contributed by atoms with van der Waals surface area (Å²) in [5.74, 6) is 0.230. The van der Waals surface area contributed by atoms with Gasteiger partial charge in [0, 0.05) is 12.6 Å². The van der Waals surface area contributed by atoms with E-state index in [2.05, 4.69) is 16.9 Å². The van der Waals surface area contributed by atoms with Crippen LogP contribution in [0.25, 0.3) is 0 Å². The van der Waals surface area contributed by atoms with Crippen LogP contribution in [0.3, 0.4) is 0 Å². The van der Waals surface area contributed by atoms with Crippen LogP contribution in [-0.2, 0) is 6.42 Å². The monoisotopic (exact) mass is 235 g/mol. The van der Waals surface area contributed by atoms with Gasteiger partial charge in [-0.05, 0) is 12.5 Å². The van der Waals surface area contributed by atoms with Gasteiger partial charge in [-0.2, -0.15) is 0 Å². The average Bonchev–Trinajstić information content (AvgIpc) is 2.34. The summed E-state index contributed by atoms with van der Waals surface area (Å²) in [6.07, 6.45) is 9.85. The third kappa shape index (κ3) is 5.43. The summed E-state index contributed by atoms with van der Waals surface area (Å²) in [5, 5.41) is 0. The molecule has 94 valence electrons. The number of hydrogen-bond donors (Lipinski definition) is 1. The number of carbonyl (C=O) groups excluding carboxylic acids is 1. The molecule has 0 saturated heterocycles. The number of primary amides is 1. The Morgan fingerprint density at radius 3 is 2.65 bits per heavy atom. The molecule has 2 N–H and O–H groups in total. The summed E-state index contributed by atoms with van der Waals surface area (Å²) in [5.41, 5.74) is 5.47. The number of carbonyl (C=O) groups is 1. The van der Waals surface area contributed by atoms with Gasteiger partial charge >= 0.3 is 0 Å². The van der Waals surface area contributed by atoms with Crippen molar-refractivity contribution in [2.24, 2.45) is 5.73 Å². The molecule has 0 saturated carbocycles. The maximum atomic E-state index is 10.9. The molecule has 0 atom stereocenters. The van der Waals surface area contributed by atoms with E-state index < -0.39 is 5.91 Å². The van der Waals surface area contributed by atoms with Crippen LogP contribution in [-0.4, -0.2) is 15.9 Å². The smallest absolute Gasteiger partial charge is 0.267 e. The molecular formula is C13H21N3O.